The summed E-state index contributed by atoms with van der Waals surface area (Å²) in [6.45, 7) is 37.4. The standard InChI is InChI=1S/C69H119N3O16/c1-47(73)35-77-55(9)43-85-59(13)39-81-51(5)31-71(32-52(6)82-40-60(14)86-44-56(10)78-36-48(2)74)67-27-21-64(22-28-67)69(63-19-25-66(26-20-63)70(17)18)65-23-29-68(30-24-65)72(33-53(7)83-41-61(15)87-45-57(11)79-37-49(3)75)34-54(8)84-42-62(16)88-46-58(12)80-38-50(4)76/h19-30,47-62,69,73-76H,31-46H2,1-18H3. The van der Waals surface area contributed by atoms with E-state index in [1.54, 1.807) is 27.7 Å². The number of benzene rings is 3. The molecule has 16 unspecified atom stereocenters. The summed E-state index contributed by atoms with van der Waals surface area (Å²) in [4.78, 5) is 6.76. The number of aliphatic hydroxyl groups is 4. The molecule has 0 spiro atoms. The SMILES string of the molecule is CC(O)COC(C)COC(C)COC(C)CN(CC(C)OCC(C)OCC(C)OCC(C)O)c1ccc(C(c2ccc(N(C)C)cc2)c2ccc(N(CC(C)OCC(C)OCC(C)OCC(C)O)CC(C)OCC(C)OCC(C)OCC(C)O)cc2)cc1. The van der Waals surface area contributed by atoms with Crippen LogP contribution in [0.3, 0.4) is 0 Å². The summed E-state index contributed by atoms with van der Waals surface area (Å²) in [7, 11) is 4.11. The van der Waals surface area contributed by atoms with E-state index in [1.807, 2.05) is 55.4 Å². The lowest BCUT2D eigenvalue weighted by Gasteiger charge is -2.32. The minimum absolute atomic E-state index is 0.0955. The summed E-state index contributed by atoms with van der Waals surface area (Å²) >= 11 is 0. The summed E-state index contributed by atoms with van der Waals surface area (Å²) < 4.78 is 72.8. The maximum Gasteiger partial charge on any atom is 0.0781 e. The maximum absolute atomic E-state index is 9.65. The van der Waals surface area contributed by atoms with Gasteiger partial charge in [-0.15, -0.1) is 0 Å². The quantitative estimate of drug-likeness (QED) is 0.0390. The number of hydrogen-bond donors (Lipinski definition) is 4. The Morgan fingerprint density at radius 3 is 0.602 bits per heavy atom. The molecule has 3 aromatic rings. The number of anilines is 3. The molecule has 4 N–H and O–H groups in total. The van der Waals surface area contributed by atoms with Gasteiger partial charge in [0, 0.05) is 63.3 Å². The molecule has 19 nitrogen and oxygen atoms in total. The predicted molar refractivity (Wildman–Crippen MR) is 351 cm³/mol. The number of rotatable bonds is 50. The summed E-state index contributed by atoms with van der Waals surface area (Å²) in [6.07, 6.45) is -4.09. The van der Waals surface area contributed by atoms with E-state index in [-0.39, 0.29) is 106 Å². The van der Waals surface area contributed by atoms with Crippen LogP contribution in [0.15, 0.2) is 72.8 Å². The third-order valence-corrected chi connectivity index (χ3v) is 14.2. The Morgan fingerprint density at radius 2 is 0.420 bits per heavy atom. The van der Waals surface area contributed by atoms with Crippen molar-refractivity contribution in [2.45, 2.75) is 214 Å². The zero-order chi connectivity index (χ0) is 65.3. The molecule has 3 aromatic carbocycles. The third kappa shape index (κ3) is 34.2. The second kappa shape index (κ2) is 43.3. The molecular formula is C69H119N3O16. The normalized spacial score (nSPS) is 17.9. The number of ether oxygens (including phenoxy) is 12. The fourth-order valence-electron chi connectivity index (χ4n) is 9.32. The Balaban J connectivity index is 1.94. The van der Waals surface area contributed by atoms with E-state index in [0.29, 0.717) is 79.0 Å². The molecule has 0 radical (unpaired) electrons. The van der Waals surface area contributed by atoms with Crippen molar-refractivity contribution < 1.29 is 77.3 Å². The van der Waals surface area contributed by atoms with Crippen molar-refractivity contribution in [2.24, 2.45) is 0 Å². The fourth-order valence-corrected chi connectivity index (χ4v) is 9.32. The van der Waals surface area contributed by atoms with Crippen LogP contribution in [0.1, 0.15) is 133 Å². The zero-order valence-corrected chi connectivity index (χ0v) is 57.1. The second-order valence-electron chi connectivity index (χ2n) is 25.0. The molecule has 0 aliphatic carbocycles. The van der Waals surface area contributed by atoms with E-state index in [1.165, 1.54) is 0 Å². The molecule has 0 amide bonds. The second-order valence-corrected chi connectivity index (χ2v) is 25.0. The van der Waals surface area contributed by atoms with Crippen LogP contribution in [0, 0.1) is 0 Å². The lowest BCUT2D eigenvalue weighted by molar-refractivity contribution is -0.0789. The Hall–Kier alpha value is -3.58. The Kier molecular flexibility index (Phi) is 38.7. The Bertz CT molecular complexity index is 1990. The van der Waals surface area contributed by atoms with Crippen molar-refractivity contribution in [3.63, 3.8) is 0 Å². The highest BCUT2D eigenvalue weighted by atomic mass is 16.6. The smallest absolute Gasteiger partial charge is 0.0781 e. The van der Waals surface area contributed by atoms with Crippen LogP contribution < -0.4 is 14.7 Å². The van der Waals surface area contributed by atoms with Crippen LogP contribution in [0.5, 0.6) is 0 Å². The number of nitrogens with zero attached hydrogens (tertiary/aromatic N) is 3. The van der Waals surface area contributed by atoms with E-state index in [2.05, 4.69) is 129 Å². The van der Waals surface area contributed by atoms with Gasteiger partial charge in [-0.3, -0.25) is 0 Å². The largest absolute Gasteiger partial charge is 0.391 e. The number of hydrogen-bond acceptors (Lipinski definition) is 19. The van der Waals surface area contributed by atoms with Crippen molar-refractivity contribution in [1.82, 2.24) is 0 Å². The van der Waals surface area contributed by atoms with Crippen molar-refractivity contribution in [1.29, 1.82) is 0 Å². The average Bonchev–Trinajstić information content (AvgIpc) is 3.60. The summed E-state index contributed by atoms with van der Waals surface area (Å²) in [5.41, 5.74) is 6.62. The zero-order valence-electron chi connectivity index (χ0n) is 57.1. The summed E-state index contributed by atoms with van der Waals surface area (Å²) in [5.74, 6) is -0.0955. The van der Waals surface area contributed by atoms with Crippen LogP contribution in [-0.4, -0.2) is 238 Å². The highest BCUT2D eigenvalue weighted by Gasteiger charge is 2.24. The van der Waals surface area contributed by atoms with E-state index in [0.717, 1.165) is 33.8 Å². The van der Waals surface area contributed by atoms with Gasteiger partial charge in [-0.05, 0) is 164 Å². The Morgan fingerprint density at radius 1 is 0.250 bits per heavy atom. The first-order chi connectivity index (χ1) is 41.7. The van der Waals surface area contributed by atoms with Crippen molar-refractivity contribution in [3.05, 3.63) is 89.5 Å². The highest BCUT2D eigenvalue weighted by molar-refractivity contribution is 5.56. The molecule has 506 valence electrons. The average molecular weight is 1250 g/mol. The molecule has 0 aliphatic heterocycles. The molecule has 0 saturated heterocycles. The van der Waals surface area contributed by atoms with Crippen LogP contribution in [0.25, 0.3) is 0 Å². The fraction of sp³-hybridized carbons (Fsp3) is 0.739. The van der Waals surface area contributed by atoms with Crippen molar-refractivity contribution in [3.8, 4) is 0 Å². The topological polar surface area (TPSA) is 201 Å². The maximum atomic E-state index is 9.65. The summed E-state index contributed by atoms with van der Waals surface area (Å²) in [6, 6.07) is 26.5. The lowest BCUT2D eigenvalue weighted by atomic mass is 9.85. The van der Waals surface area contributed by atoms with E-state index in [4.69, 9.17) is 56.8 Å². The first-order valence-corrected chi connectivity index (χ1v) is 32.3. The molecule has 0 fully saturated rings. The highest BCUT2D eigenvalue weighted by Crippen LogP contribution is 2.35. The van der Waals surface area contributed by atoms with Crippen LogP contribution >= 0.6 is 0 Å². The molecule has 0 aromatic heterocycles. The van der Waals surface area contributed by atoms with Crippen LogP contribution in [0.4, 0.5) is 17.1 Å². The first kappa shape index (κ1) is 78.7. The molecule has 19 heteroatoms. The molecule has 0 aliphatic rings. The van der Waals surface area contributed by atoms with Gasteiger partial charge in [0.15, 0.2) is 0 Å². The van der Waals surface area contributed by atoms with Gasteiger partial charge < -0.3 is 92.0 Å². The van der Waals surface area contributed by atoms with Crippen molar-refractivity contribution in [2.75, 3.05) is 134 Å². The van der Waals surface area contributed by atoms with Gasteiger partial charge in [0.1, 0.15) is 0 Å². The van der Waals surface area contributed by atoms with Gasteiger partial charge in [0.25, 0.3) is 0 Å². The van der Waals surface area contributed by atoms with Gasteiger partial charge in [-0.1, -0.05) is 36.4 Å². The number of aliphatic hydroxyl groups excluding tert-OH is 4. The van der Waals surface area contributed by atoms with Gasteiger partial charge in [-0.25, -0.2) is 0 Å². The van der Waals surface area contributed by atoms with Gasteiger partial charge in [0.05, 0.1) is 177 Å². The predicted octanol–water partition coefficient (Wildman–Crippen LogP) is 8.93. The van der Waals surface area contributed by atoms with Gasteiger partial charge in [-0.2, -0.15) is 0 Å². The summed E-state index contributed by atoms with van der Waals surface area (Å²) in [5, 5.41) is 38.6. The minimum atomic E-state index is -0.539. The molecule has 16 atom stereocenters. The minimum Gasteiger partial charge on any atom is -0.391 e. The third-order valence-electron chi connectivity index (χ3n) is 14.2. The molecule has 0 bridgehead atoms. The first-order valence-electron chi connectivity index (χ1n) is 32.3. The molecule has 3 rings (SSSR count). The van der Waals surface area contributed by atoms with Gasteiger partial charge in [0.2, 0.25) is 0 Å². The van der Waals surface area contributed by atoms with E-state index in [9.17, 15) is 20.4 Å². The monoisotopic (exact) mass is 1250 g/mol. The molecule has 0 heterocycles. The van der Waals surface area contributed by atoms with Crippen molar-refractivity contribution >= 4 is 17.1 Å². The van der Waals surface area contributed by atoms with Gasteiger partial charge >= 0.3 is 0 Å². The van der Waals surface area contributed by atoms with Crippen LogP contribution in [-0.2, 0) is 56.8 Å². The van der Waals surface area contributed by atoms with E-state index >= 15 is 0 Å². The lowest BCUT2D eigenvalue weighted by Crippen LogP contribution is -2.39. The molecular weight excluding hydrogens is 1130 g/mol. The van der Waals surface area contributed by atoms with E-state index < -0.39 is 24.4 Å². The Labute approximate surface area is 530 Å². The van der Waals surface area contributed by atoms with Crippen LogP contribution in [0.2, 0.25) is 0 Å². The molecule has 0 saturated carbocycles. The molecule has 88 heavy (non-hydrogen) atoms.